The molecule has 0 bridgehead atoms. The Labute approximate surface area is 99.1 Å². The van der Waals surface area contributed by atoms with E-state index in [0.717, 1.165) is 0 Å². The van der Waals surface area contributed by atoms with Gasteiger partial charge in [-0.2, -0.15) is 0 Å². The number of benzene rings is 1. The van der Waals surface area contributed by atoms with Crippen molar-refractivity contribution in [2.75, 3.05) is 4.90 Å². The first kappa shape index (κ1) is 12.6. The number of anilines is 1. The van der Waals surface area contributed by atoms with Gasteiger partial charge in [-0.3, -0.25) is 4.90 Å². The maximum absolute atomic E-state index is 11.2. The van der Waals surface area contributed by atoms with Gasteiger partial charge in [0.1, 0.15) is 5.75 Å². The van der Waals surface area contributed by atoms with Gasteiger partial charge < -0.3 is 10.2 Å². The first-order valence-corrected chi connectivity index (χ1v) is 5.13. The normalized spacial score (nSPS) is 11.2. The molecule has 0 aliphatic rings. The number of phenols is 1. The minimum Gasteiger partial charge on any atom is -0.506 e. The lowest BCUT2D eigenvalue weighted by Gasteiger charge is -2.33. The van der Waals surface area contributed by atoms with Gasteiger partial charge in [0.15, 0.2) is 0 Å². The molecule has 5 heteroatoms. The number of hydrogen-bond donors (Lipinski definition) is 2. The van der Waals surface area contributed by atoms with Gasteiger partial charge in [0, 0.05) is 11.6 Å². The molecule has 0 saturated carbocycles. The van der Waals surface area contributed by atoms with E-state index >= 15 is 0 Å². The molecule has 2 N–H and O–H groups in total. The summed E-state index contributed by atoms with van der Waals surface area (Å²) >= 11 is 5.66. The molecule has 0 fully saturated rings. The highest BCUT2D eigenvalue weighted by Crippen LogP contribution is 2.31. The van der Waals surface area contributed by atoms with E-state index in [1.807, 2.05) is 0 Å². The van der Waals surface area contributed by atoms with E-state index in [4.69, 9.17) is 16.7 Å². The van der Waals surface area contributed by atoms with Gasteiger partial charge in [0.2, 0.25) is 0 Å². The fraction of sp³-hybridized carbons (Fsp3) is 0.364. The topological polar surface area (TPSA) is 60.8 Å². The van der Waals surface area contributed by atoms with Crippen molar-refractivity contribution < 1.29 is 15.0 Å². The zero-order valence-corrected chi connectivity index (χ0v) is 10.1. The Morgan fingerprint density at radius 1 is 1.38 bits per heavy atom. The lowest BCUT2D eigenvalue weighted by atomic mass is 10.1. The summed E-state index contributed by atoms with van der Waals surface area (Å²) in [7, 11) is 0. The Kier molecular flexibility index (Phi) is 3.33. The van der Waals surface area contributed by atoms with Gasteiger partial charge in [-0.25, -0.2) is 4.79 Å². The van der Waals surface area contributed by atoms with Crippen molar-refractivity contribution >= 4 is 23.4 Å². The van der Waals surface area contributed by atoms with E-state index in [1.54, 1.807) is 26.8 Å². The molecule has 88 valence electrons. The Balaban J connectivity index is 3.22. The van der Waals surface area contributed by atoms with Crippen LogP contribution in [-0.4, -0.2) is 21.8 Å². The smallest absolute Gasteiger partial charge is 0.412 e. The molecule has 0 heterocycles. The molecule has 0 spiro atoms. The first-order chi connectivity index (χ1) is 7.23. The molecule has 0 saturated heterocycles. The summed E-state index contributed by atoms with van der Waals surface area (Å²) in [5.74, 6) is -0.130. The zero-order valence-electron chi connectivity index (χ0n) is 9.36. The summed E-state index contributed by atoms with van der Waals surface area (Å²) in [6, 6.07) is 4.36. The van der Waals surface area contributed by atoms with E-state index in [2.05, 4.69) is 0 Å². The molecule has 0 aliphatic heterocycles. The van der Waals surface area contributed by atoms with E-state index in [9.17, 15) is 9.90 Å². The van der Waals surface area contributed by atoms with Crippen LogP contribution in [0.5, 0.6) is 5.75 Å². The van der Waals surface area contributed by atoms with Gasteiger partial charge in [-0.05, 0) is 32.9 Å². The predicted molar refractivity (Wildman–Crippen MR) is 63.4 cm³/mol. The van der Waals surface area contributed by atoms with Crippen molar-refractivity contribution in [2.45, 2.75) is 26.3 Å². The van der Waals surface area contributed by atoms with E-state index in [-0.39, 0.29) is 10.8 Å². The first-order valence-electron chi connectivity index (χ1n) is 4.75. The Morgan fingerprint density at radius 3 is 2.31 bits per heavy atom. The third-order valence-electron chi connectivity index (χ3n) is 2.05. The van der Waals surface area contributed by atoms with Crippen LogP contribution in [0.25, 0.3) is 0 Å². The molecule has 0 radical (unpaired) electrons. The number of aromatic hydroxyl groups is 1. The lowest BCUT2D eigenvalue weighted by Crippen LogP contribution is -2.45. The number of halogens is 1. The summed E-state index contributed by atoms with van der Waals surface area (Å²) in [6.45, 7) is 5.31. The molecule has 4 nitrogen and oxygen atoms in total. The van der Waals surface area contributed by atoms with E-state index < -0.39 is 11.6 Å². The fourth-order valence-electron chi connectivity index (χ4n) is 1.42. The molecular weight excluding hydrogens is 230 g/mol. The summed E-state index contributed by atoms with van der Waals surface area (Å²) in [6.07, 6.45) is -1.07. The number of phenolic OH excluding ortho intramolecular Hbond substituents is 1. The van der Waals surface area contributed by atoms with Crippen molar-refractivity contribution in [2.24, 2.45) is 0 Å². The molecule has 1 aromatic carbocycles. The van der Waals surface area contributed by atoms with E-state index in [0.29, 0.717) is 5.69 Å². The Hall–Kier alpha value is -1.42. The van der Waals surface area contributed by atoms with Crippen LogP contribution in [0, 0.1) is 0 Å². The molecule has 0 unspecified atom stereocenters. The number of amides is 1. The van der Waals surface area contributed by atoms with Crippen molar-refractivity contribution in [3.05, 3.63) is 23.2 Å². The van der Waals surface area contributed by atoms with Crippen molar-refractivity contribution in [1.29, 1.82) is 0 Å². The summed E-state index contributed by atoms with van der Waals surface area (Å²) < 4.78 is 0. The number of carboxylic acid groups (broad SMARTS) is 1. The van der Waals surface area contributed by atoms with Crippen LogP contribution < -0.4 is 4.90 Å². The minimum atomic E-state index is -1.07. The monoisotopic (exact) mass is 243 g/mol. The molecule has 1 rings (SSSR count). The van der Waals surface area contributed by atoms with E-state index in [1.165, 1.54) is 17.0 Å². The van der Waals surface area contributed by atoms with Crippen LogP contribution in [0.1, 0.15) is 20.8 Å². The van der Waals surface area contributed by atoms with Crippen molar-refractivity contribution in [3.8, 4) is 5.75 Å². The third kappa shape index (κ3) is 2.58. The average molecular weight is 244 g/mol. The Morgan fingerprint density at radius 2 is 1.94 bits per heavy atom. The van der Waals surface area contributed by atoms with Crippen LogP contribution in [0.2, 0.25) is 5.02 Å². The second-order valence-electron chi connectivity index (χ2n) is 4.42. The molecule has 0 aliphatic carbocycles. The van der Waals surface area contributed by atoms with Gasteiger partial charge in [0.05, 0.1) is 10.7 Å². The van der Waals surface area contributed by atoms with Crippen LogP contribution in [0.15, 0.2) is 18.2 Å². The SMILES string of the molecule is CC(C)(C)N(C(=O)O)c1ccc(Cl)c(O)c1. The molecule has 16 heavy (non-hydrogen) atoms. The van der Waals surface area contributed by atoms with Gasteiger partial charge in [-0.1, -0.05) is 11.6 Å². The van der Waals surface area contributed by atoms with Gasteiger partial charge in [0.25, 0.3) is 0 Å². The van der Waals surface area contributed by atoms with Crippen molar-refractivity contribution in [1.82, 2.24) is 0 Å². The van der Waals surface area contributed by atoms with Crippen molar-refractivity contribution in [3.63, 3.8) is 0 Å². The molecule has 1 amide bonds. The molecule has 0 atom stereocenters. The second kappa shape index (κ2) is 4.22. The van der Waals surface area contributed by atoms with Crippen LogP contribution in [0.4, 0.5) is 10.5 Å². The maximum Gasteiger partial charge on any atom is 0.412 e. The fourth-order valence-corrected chi connectivity index (χ4v) is 1.54. The highest BCUT2D eigenvalue weighted by atomic mass is 35.5. The van der Waals surface area contributed by atoms with Gasteiger partial charge >= 0.3 is 6.09 Å². The highest BCUT2D eigenvalue weighted by molar-refractivity contribution is 6.32. The van der Waals surface area contributed by atoms with Crippen LogP contribution in [0.3, 0.4) is 0 Å². The third-order valence-corrected chi connectivity index (χ3v) is 2.37. The number of carbonyl (C=O) groups is 1. The maximum atomic E-state index is 11.2. The number of hydrogen-bond acceptors (Lipinski definition) is 2. The largest absolute Gasteiger partial charge is 0.506 e. The lowest BCUT2D eigenvalue weighted by molar-refractivity contribution is 0.195. The minimum absolute atomic E-state index is 0.130. The quantitative estimate of drug-likeness (QED) is 0.795. The summed E-state index contributed by atoms with van der Waals surface area (Å²) in [5.41, 5.74) is -0.201. The predicted octanol–water partition coefficient (Wildman–Crippen LogP) is 3.33. The average Bonchev–Trinajstić information content (AvgIpc) is 2.08. The second-order valence-corrected chi connectivity index (χ2v) is 4.83. The Bertz CT molecular complexity index is 412. The molecule has 1 aromatic rings. The molecular formula is C11H14ClNO3. The standard InChI is InChI=1S/C11H14ClNO3/c1-11(2,3)13(10(15)16)7-4-5-8(12)9(14)6-7/h4-6,14H,1-3H3,(H,15,16). The van der Waals surface area contributed by atoms with Gasteiger partial charge in [-0.15, -0.1) is 0 Å². The number of nitrogens with zero attached hydrogens (tertiary/aromatic N) is 1. The zero-order chi connectivity index (χ0) is 12.5. The summed E-state index contributed by atoms with van der Waals surface area (Å²) in [4.78, 5) is 12.3. The number of rotatable bonds is 1. The van der Waals surface area contributed by atoms with Crippen LogP contribution in [-0.2, 0) is 0 Å². The molecule has 0 aromatic heterocycles. The highest BCUT2D eigenvalue weighted by Gasteiger charge is 2.28. The summed E-state index contributed by atoms with van der Waals surface area (Å²) in [5, 5.41) is 18.8. The van der Waals surface area contributed by atoms with Crippen LogP contribution >= 0.6 is 11.6 Å².